The highest BCUT2D eigenvalue weighted by Gasteiger charge is 2.43. The summed E-state index contributed by atoms with van der Waals surface area (Å²) in [6.07, 6.45) is -0.0490. The Kier molecular flexibility index (Phi) is 3.25. The van der Waals surface area contributed by atoms with Crippen molar-refractivity contribution in [2.24, 2.45) is 0 Å². The highest BCUT2D eigenvalue weighted by Crippen LogP contribution is 2.54. The Morgan fingerprint density at radius 1 is 0.778 bits per heavy atom. The molecule has 1 aliphatic heterocycles. The van der Waals surface area contributed by atoms with Gasteiger partial charge < -0.3 is 4.74 Å². The van der Waals surface area contributed by atoms with E-state index in [1.54, 1.807) is 6.07 Å². The molecule has 0 N–H and O–H groups in total. The molecule has 1 saturated heterocycles. The minimum Gasteiger partial charge on any atom is -0.359 e. The van der Waals surface area contributed by atoms with E-state index < -0.39 is 0 Å². The van der Waals surface area contributed by atoms with Crippen molar-refractivity contribution in [3.63, 3.8) is 0 Å². The third-order valence-corrected chi connectivity index (χ3v) is 3.88. The van der Waals surface area contributed by atoms with Gasteiger partial charge in [-0.1, -0.05) is 59.1 Å². The summed E-state index contributed by atoms with van der Waals surface area (Å²) in [6.45, 7) is 0. The van der Waals surface area contributed by atoms with E-state index in [0.29, 0.717) is 10.0 Å². The molecule has 0 saturated carbocycles. The van der Waals surface area contributed by atoms with Gasteiger partial charge in [0.1, 0.15) is 12.2 Å². The number of hydrogen-bond donors (Lipinski definition) is 0. The van der Waals surface area contributed by atoms with Crippen LogP contribution in [0.1, 0.15) is 23.3 Å². The van der Waals surface area contributed by atoms with Crippen molar-refractivity contribution >= 4 is 34.8 Å². The highest BCUT2D eigenvalue weighted by molar-refractivity contribution is 6.35. The molecular weight excluding hydrogens is 291 g/mol. The zero-order valence-corrected chi connectivity index (χ0v) is 11.5. The molecule has 1 aliphatic rings. The average Bonchev–Trinajstić information content (AvgIpc) is 3.09. The van der Waals surface area contributed by atoms with E-state index in [0.717, 1.165) is 16.1 Å². The van der Waals surface area contributed by atoms with Crippen molar-refractivity contribution in [3.05, 3.63) is 68.7 Å². The first-order valence-electron chi connectivity index (χ1n) is 5.51. The summed E-state index contributed by atoms with van der Waals surface area (Å²) in [5.74, 6) is 0. The molecule has 2 atom stereocenters. The molecule has 0 aliphatic carbocycles. The van der Waals surface area contributed by atoms with Crippen molar-refractivity contribution < 1.29 is 4.74 Å². The molecule has 0 spiro atoms. The maximum absolute atomic E-state index is 6.16. The lowest BCUT2D eigenvalue weighted by Gasteiger charge is -2.02. The first-order chi connectivity index (χ1) is 8.66. The van der Waals surface area contributed by atoms with Crippen LogP contribution in [-0.4, -0.2) is 0 Å². The molecule has 1 fully saturated rings. The van der Waals surface area contributed by atoms with Crippen molar-refractivity contribution in [3.8, 4) is 0 Å². The van der Waals surface area contributed by atoms with Gasteiger partial charge in [-0.15, -0.1) is 0 Å². The van der Waals surface area contributed by atoms with Gasteiger partial charge in [0, 0.05) is 26.2 Å². The molecule has 18 heavy (non-hydrogen) atoms. The van der Waals surface area contributed by atoms with Crippen molar-refractivity contribution in [1.29, 1.82) is 0 Å². The van der Waals surface area contributed by atoms with Crippen LogP contribution in [0.5, 0.6) is 0 Å². The van der Waals surface area contributed by atoms with E-state index >= 15 is 0 Å². The standard InChI is InChI=1S/C14H9Cl3O/c15-8-5-6-10(12(17)7-8)14-13(18-14)9-3-1-2-4-11(9)16/h1-7,13-14H. The van der Waals surface area contributed by atoms with Crippen molar-refractivity contribution in [1.82, 2.24) is 0 Å². The SMILES string of the molecule is Clc1ccc(C2OC2c2ccccc2Cl)c(Cl)c1. The maximum Gasteiger partial charge on any atom is 0.115 e. The zero-order chi connectivity index (χ0) is 12.7. The average molecular weight is 300 g/mol. The molecule has 2 aromatic carbocycles. The van der Waals surface area contributed by atoms with Crippen LogP contribution in [0.4, 0.5) is 0 Å². The smallest absolute Gasteiger partial charge is 0.115 e. The van der Waals surface area contributed by atoms with Crippen LogP contribution in [0.15, 0.2) is 42.5 Å². The van der Waals surface area contributed by atoms with E-state index in [4.69, 9.17) is 39.5 Å². The fourth-order valence-corrected chi connectivity index (χ4v) is 2.78. The lowest BCUT2D eigenvalue weighted by atomic mass is 10.0. The molecule has 0 aromatic heterocycles. The van der Waals surface area contributed by atoms with Gasteiger partial charge in [0.05, 0.1) is 0 Å². The topological polar surface area (TPSA) is 12.5 Å². The number of epoxide rings is 1. The van der Waals surface area contributed by atoms with Gasteiger partial charge in [0.25, 0.3) is 0 Å². The lowest BCUT2D eigenvalue weighted by molar-refractivity contribution is 0.378. The quantitative estimate of drug-likeness (QED) is 0.671. The van der Waals surface area contributed by atoms with E-state index in [9.17, 15) is 0 Å². The van der Waals surface area contributed by atoms with Crippen LogP contribution in [0.2, 0.25) is 15.1 Å². The Morgan fingerprint density at radius 2 is 1.44 bits per heavy atom. The van der Waals surface area contributed by atoms with Crippen LogP contribution in [0.25, 0.3) is 0 Å². The minimum absolute atomic E-state index is 0.0163. The predicted molar refractivity (Wildman–Crippen MR) is 74.5 cm³/mol. The number of rotatable bonds is 2. The molecule has 0 bridgehead atoms. The van der Waals surface area contributed by atoms with Gasteiger partial charge in [-0.25, -0.2) is 0 Å². The molecule has 4 heteroatoms. The molecular formula is C14H9Cl3O. The third kappa shape index (κ3) is 2.24. The highest BCUT2D eigenvalue weighted by atomic mass is 35.5. The summed E-state index contributed by atoms with van der Waals surface area (Å²) in [6, 6.07) is 13.1. The first kappa shape index (κ1) is 12.3. The minimum atomic E-state index is -0.0327. The fourth-order valence-electron chi connectivity index (χ4n) is 2.02. The summed E-state index contributed by atoms with van der Waals surface area (Å²) in [4.78, 5) is 0. The summed E-state index contributed by atoms with van der Waals surface area (Å²) < 4.78 is 5.68. The van der Waals surface area contributed by atoms with E-state index in [1.165, 1.54) is 0 Å². The Hall–Kier alpha value is -0.730. The normalized spacial score (nSPS) is 21.9. The van der Waals surface area contributed by atoms with Gasteiger partial charge in [-0.05, 0) is 18.2 Å². The van der Waals surface area contributed by atoms with Gasteiger partial charge in [0.15, 0.2) is 0 Å². The van der Waals surface area contributed by atoms with Gasteiger partial charge in [0.2, 0.25) is 0 Å². The second kappa shape index (κ2) is 4.75. The summed E-state index contributed by atoms with van der Waals surface area (Å²) in [7, 11) is 0. The van der Waals surface area contributed by atoms with E-state index in [2.05, 4.69) is 0 Å². The summed E-state index contributed by atoms with van der Waals surface area (Å²) in [5, 5.41) is 1.97. The molecule has 1 nitrogen and oxygen atoms in total. The van der Waals surface area contributed by atoms with Crippen molar-refractivity contribution in [2.75, 3.05) is 0 Å². The van der Waals surface area contributed by atoms with Crippen LogP contribution in [-0.2, 0) is 4.74 Å². The Morgan fingerprint density at radius 3 is 2.11 bits per heavy atom. The number of hydrogen-bond acceptors (Lipinski definition) is 1. The van der Waals surface area contributed by atoms with Crippen molar-refractivity contribution in [2.45, 2.75) is 12.2 Å². The first-order valence-corrected chi connectivity index (χ1v) is 6.65. The van der Waals surface area contributed by atoms with Gasteiger partial charge in [-0.2, -0.15) is 0 Å². The molecule has 1 heterocycles. The van der Waals surface area contributed by atoms with Crippen LogP contribution < -0.4 is 0 Å². The third-order valence-electron chi connectivity index (χ3n) is 2.97. The summed E-state index contributed by atoms with van der Waals surface area (Å²) >= 11 is 18.2. The van der Waals surface area contributed by atoms with Crippen LogP contribution in [0, 0.1) is 0 Å². The Balaban J connectivity index is 1.88. The Labute approximate surface area is 120 Å². The molecule has 2 unspecified atom stereocenters. The van der Waals surface area contributed by atoms with Gasteiger partial charge >= 0.3 is 0 Å². The number of ether oxygens (including phenoxy) is 1. The number of benzene rings is 2. The zero-order valence-electron chi connectivity index (χ0n) is 9.24. The molecule has 3 rings (SSSR count). The molecule has 0 radical (unpaired) electrons. The molecule has 92 valence electrons. The Bertz CT molecular complexity index is 597. The lowest BCUT2D eigenvalue weighted by Crippen LogP contribution is -1.87. The number of halogens is 3. The van der Waals surface area contributed by atoms with Gasteiger partial charge in [-0.3, -0.25) is 0 Å². The van der Waals surface area contributed by atoms with E-state index in [1.807, 2.05) is 36.4 Å². The predicted octanol–water partition coefficient (Wildman–Crippen LogP) is 5.46. The monoisotopic (exact) mass is 298 g/mol. The van der Waals surface area contributed by atoms with Crippen LogP contribution in [0.3, 0.4) is 0 Å². The summed E-state index contributed by atoms with van der Waals surface area (Å²) in [5.41, 5.74) is 1.95. The van der Waals surface area contributed by atoms with E-state index in [-0.39, 0.29) is 12.2 Å². The fraction of sp³-hybridized carbons (Fsp3) is 0.143. The van der Waals surface area contributed by atoms with Crippen LogP contribution >= 0.6 is 34.8 Å². The molecule has 2 aromatic rings. The second-order valence-corrected chi connectivity index (χ2v) is 5.42. The second-order valence-electron chi connectivity index (χ2n) is 4.16. The molecule has 0 amide bonds. The maximum atomic E-state index is 6.16. The largest absolute Gasteiger partial charge is 0.359 e.